The van der Waals surface area contributed by atoms with E-state index in [0.717, 1.165) is 0 Å². The van der Waals surface area contributed by atoms with Crippen LogP contribution in [0.25, 0.3) is 0 Å². The molecule has 2 atom stereocenters. The van der Waals surface area contributed by atoms with Gasteiger partial charge in [0.1, 0.15) is 0 Å². The zero-order valence-electron chi connectivity index (χ0n) is 12.0. The quantitative estimate of drug-likeness (QED) is 0.764. The van der Waals surface area contributed by atoms with Gasteiger partial charge in [-0.05, 0) is 18.6 Å². The smallest absolute Gasteiger partial charge is 0.387 e. The van der Waals surface area contributed by atoms with Gasteiger partial charge in [-0.15, -0.1) is 0 Å². The van der Waals surface area contributed by atoms with E-state index in [9.17, 15) is 22.4 Å². The molecule has 10 heteroatoms. The van der Waals surface area contributed by atoms with E-state index in [4.69, 9.17) is 23.2 Å². The van der Waals surface area contributed by atoms with Gasteiger partial charge in [0.2, 0.25) is 0 Å². The molecule has 0 bridgehead atoms. The summed E-state index contributed by atoms with van der Waals surface area (Å²) in [7, 11) is 0. The van der Waals surface area contributed by atoms with Crippen LogP contribution in [-0.4, -0.2) is 36.6 Å². The van der Waals surface area contributed by atoms with Crippen molar-refractivity contribution in [1.82, 2.24) is 4.90 Å². The lowest BCUT2D eigenvalue weighted by Gasteiger charge is -2.25. The number of fused-ring (bicyclic) bond motifs is 1. The van der Waals surface area contributed by atoms with Gasteiger partial charge in [-0.25, -0.2) is 13.6 Å². The zero-order chi connectivity index (χ0) is 17.6. The average molecular weight is 387 g/mol. The molecule has 1 aliphatic carbocycles. The molecule has 2 fully saturated rings. The molecule has 0 spiro atoms. The number of carbonyl (C=O) groups is 1. The summed E-state index contributed by atoms with van der Waals surface area (Å²) in [5.74, 6) is -4.54. The lowest BCUT2D eigenvalue weighted by atomic mass is 10.1. The Morgan fingerprint density at radius 1 is 1.29 bits per heavy atom. The number of rotatable bonds is 3. The van der Waals surface area contributed by atoms with Gasteiger partial charge < -0.3 is 15.0 Å². The van der Waals surface area contributed by atoms with E-state index in [-0.39, 0.29) is 35.2 Å². The number of hydrogen-bond acceptors (Lipinski definition) is 2. The van der Waals surface area contributed by atoms with Crippen molar-refractivity contribution in [3.8, 4) is 5.75 Å². The van der Waals surface area contributed by atoms with Crippen LogP contribution in [0.15, 0.2) is 12.1 Å². The van der Waals surface area contributed by atoms with Crippen molar-refractivity contribution in [3.63, 3.8) is 0 Å². The lowest BCUT2D eigenvalue weighted by Crippen LogP contribution is -2.39. The SMILES string of the molecule is O=C(Nc1cc(Cl)c(OC(F)F)c(Cl)c1)N1CCC2C(C1)C2(F)F. The van der Waals surface area contributed by atoms with Crippen molar-refractivity contribution in [2.24, 2.45) is 11.8 Å². The molecule has 2 aliphatic rings. The first-order valence-corrected chi connectivity index (χ1v) is 7.83. The van der Waals surface area contributed by atoms with Gasteiger partial charge in [-0.1, -0.05) is 23.2 Å². The summed E-state index contributed by atoms with van der Waals surface area (Å²) in [6.07, 6.45) is 0.244. The number of piperidine rings is 1. The molecule has 1 N–H and O–H groups in total. The van der Waals surface area contributed by atoms with E-state index in [2.05, 4.69) is 10.1 Å². The summed E-state index contributed by atoms with van der Waals surface area (Å²) in [6, 6.07) is 1.81. The molecule has 4 nitrogen and oxygen atoms in total. The molecule has 1 aromatic rings. The largest absolute Gasteiger partial charge is 0.432 e. The molecular weight excluding hydrogens is 375 g/mol. The number of ether oxygens (including phenoxy) is 1. The van der Waals surface area contributed by atoms with E-state index in [1.807, 2.05) is 0 Å². The van der Waals surface area contributed by atoms with Gasteiger partial charge in [-0.3, -0.25) is 0 Å². The van der Waals surface area contributed by atoms with Gasteiger partial charge >= 0.3 is 12.6 Å². The number of anilines is 1. The zero-order valence-corrected chi connectivity index (χ0v) is 13.6. The molecule has 0 radical (unpaired) electrons. The number of nitrogens with zero attached hydrogens (tertiary/aromatic N) is 1. The van der Waals surface area contributed by atoms with Crippen LogP contribution in [-0.2, 0) is 0 Å². The summed E-state index contributed by atoms with van der Waals surface area (Å²) >= 11 is 11.6. The maximum absolute atomic E-state index is 13.4. The Morgan fingerprint density at radius 2 is 1.92 bits per heavy atom. The van der Waals surface area contributed by atoms with Gasteiger partial charge in [0.05, 0.1) is 10.0 Å². The van der Waals surface area contributed by atoms with Crippen molar-refractivity contribution in [2.75, 3.05) is 18.4 Å². The van der Waals surface area contributed by atoms with Gasteiger partial charge in [0.25, 0.3) is 5.92 Å². The Labute approximate surface area is 144 Å². The molecule has 1 saturated carbocycles. The van der Waals surface area contributed by atoms with Crippen molar-refractivity contribution >= 4 is 34.9 Å². The molecule has 132 valence electrons. The molecule has 1 aromatic carbocycles. The highest BCUT2D eigenvalue weighted by atomic mass is 35.5. The maximum Gasteiger partial charge on any atom is 0.387 e. The summed E-state index contributed by atoms with van der Waals surface area (Å²) in [6.45, 7) is -2.91. The predicted molar refractivity (Wildman–Crippen MR) is 80.2 cm³/mol. The van der Waals surface area contributed by atoms with E-state index in [1.165, 1.54) is 17.0 Å². The Balaban J connectivity index is 1.67. The standard InChI is InChI=1S/C14H12Cl2F4N2O2/c15-9-3-6(4-10(16)11(9)24-12(17)18)21-13(23)22-2-1-7-8(5-22)14(7,19)20/h3-4,7-8,12H,1-2,5H2,(H,21,23). The normalized spacial score (nSPS) is 24.5. The summed E-state index contributed by atoms with van der Waals surface area (Å²) in [5, 5.41) is 2.06. The number of benzene rings is 1. The van der Waals surface area contributed by atoms with Crippen LogP contribution in [0.2, 0.25) is 10.0 Å². The summed E-state index contributed by atoms with van der Waals surface area (Å²) in [5.41, 5.74) is 0.154. The van der Waals surface area contributed by atoms with Crippen LogP contribution in [0.5, 0.6) is 5.75 Å². The van der Waals surface area contributed by atoms with Crippen LogP contribution in [0.4, 0.5) is 28.0 Å². The molecular formula is C14H12Cl2F4N2O2. The number of urea groups is 1. The van der Waals surface area contributed by atoms with E-state index in [1.54, 1.807) is 0 Å². The molecule has 1 saturated heterocycles. The van der Waals surface area contributed by atoms with Gasteiger partial charge in [0.15, 0.2) is 5.75 Å². The molecule has 0 aromatic heterocycles. The third kappa shape index (κ3) is 3.21. The fraction of sp³-hybridized carbons (Fsp3) is 0.500. The van der Waals surface area contributed by atoms with Crippen molar-refractivity contribution in [1.29, 1.82) is 0 Å². The van der Waals surface area contributed by atoms with Crippen molar-refractivity contribution in [2.45, 2.75) is 19.0 Å². The molecule has 2 unspecified atom stereocenters. The molecule has 1 aliphatic heterocycles. The average Bonchev–Trinajstić information content (AvgIpc) is 3.04. The van der Waals surface area contributed by atoms with Crippen LogP contribution >= 0.6 is 23.2 Å². The monoisotopic (exact) mass is 386 g/mol. The van der Waals surface area contributed by atoms with Crippen LogP contribution in [0.1, 0.15) is 6.42 Å². The predicted octanol–water partition coefficient (Wildman–Crippen LogP) is 4.71. The fourth-order valence-corrected chi connectivity index (χ4v) is 3.52. The molecule has 2 amide bonds. The Bertz CT molecular complexity index is 651. The molecule has 24 heavy (non-hydrogen) atoms. The first kappa shape index (κ1) is 17.4. The van der Waals surface area contributed by atoms with Gasteiger partial charge in [0, 0.05) is 30.6 Å². The Hall–Kier alpha value is -1.41. The van der Waals surface area contributed by atoms with Crippen molar-refractivity contribution < 1.29 is 27.1 Å². The lowest BCUT2D eigenvalue weighted by molar-refractivity contribution is -0.0497. The number of halogens is 6. The summed E-state index contributed by atoms with van der Waals surface area (Å²) in [4.78, 5) is 13.4. The third-order valence-electron chi connectivity index (χ3n) is 4.24. The second kappa shape index (κ2) is 6.15. The topological polar surface area (TPSA) is 41.6 Å². The first-order valence-electron chi connectivity index (χ1n) is 7.07. The minimum atomic E-state index is -3.10. The Kier molecular flexibility index (Phi) is 4.46. The van der Waals surface area contributed by atoms with Crippen LogP contribution in [0.3, 0.4) is 0 Å². The highest BCUT2D eigenvalue weighted by Gasteiger charge is 2.69. The second-order valence-electron chi connectivity index (χ2n) is 5.70. The number of likely N-dealkylation sites (tertiary alicyclic amines) is 1. The number of amides is 2. The minimum absolute atomic E-state index is 0.0302. The second-order valence-corrected chi connectivity index (χ2v) is 6.51. The van der Waals surface area contributed by atoms with E-state index in [0.29, 0.717) is 0 Å². The first-order chi connectivity index (χ1) is 11.2. The minimum Gasteiger partial charge on any atom is -0.432 e. The highest BCUT2D eigenvalue weighted by molar-refractivity contribution is 6.37. The van der Waals surface area contributed by atoms with E-state index < -0.39 is 36.2 Å². The number of nitrogens with one attached hydrogen (secondary N) is 1. The van der Waals surface area contributed by atoms with Crippen LogP contribution < -0.4 is 10.1 Å². The highest BCUT2D eigenvalue weighted by Crippen LogP contribution is 2.59. The number of carbonyl (C=O) groups excluding carboxylic acids is 1. The number of alkyl halides is 4. The van der Waals surface area contributed by atoms with Crippen molar-refractivity contribution in [3.05, 3.63) is 22.2 Å². The fourth-order valence-electron chi connectivity index (χ4n) is 2.95. The van der Waals surface area contributed by atoms with Gasteiger partial charge in [-0.2, -0.15) is 8.78 Å². The maximum atomic E-state index is 13.4. The van der Waals surface area contributed by atoms with E-state index >= 15 is 0 Å². The summed E-state index contributed by atoms with van der Waals surface area (Å²) < 4.78 is 55.4. The number of hydrogen-bond donors (Lipinski definition) is 1. The van der Waals surface area contributed by atoms with Crippen LogP contribution in [0, 0.1) is 11.8 Å². The third-order valence-corrected chi connectivity index (χ3v) is 4.80. The molecule has 3 rings (SSSR count). The molecule has 1 heterocycles. The Morgan fingerprint density at radius 3 is 2.46 bits per heavy atom.